The number of rotatable bonds is 1. The minimum absolute atomic E-state index is 0.0574. The highest BCUT2D eigenvalue weighted by Crippen LogP contribution is 2.43. The number of Topliss-reactive ketones (excluding diaryl/α,β-unsaturated/α-hetero) is 3. The van der Waals surface area contributed by atoms with Gasteiger partial charge in [0.2, 0.25) is 5.78 Å². The molecule has 278 valence electrons. The predicted octanol–water partition coefficient (Wildman–Crippen LogP) is 1.71. The largest absolute Gasteiger partial charge is 0.507 e. The van der Waals surface area contributed by atoms with Crippen molar-refractivity contribution < 1.29 is 64.5 Å². The molecule has 1 aromatic carbocycles. The van der Waals surface area contributed by atoms with Gasteiger partial charge in [-0.05, 0) is 46.3 Å². The van der Waals surface area contributed by atoms with Gasteiger partial charge in [0.1, 0.15) is 23.0 Å². The molecule has 8 N–H and O–H groups in total. The highest BCUT2D eigenvalue weighted by atomic mass is 16.5. The molecule has 0 saturated heterocycles. The first-order chi connectivity index (χ1) is 23.5. The molecule has 0 aromatic heterocycles. The minimum Gasteiger partial charge on any atom is -0.507 e. The lowest BCUT2D eigenvalue weighted by atomic mass is 9.75. The molecule has 0 spiro atoms. The summed E-state index contributed by atoms with van der Waals surface area (Å²) in [5, 5.41) is 80.8. The van der Waals surface area contributed by atoms with Crippen LogP contribution in [0, 0.1) is 30.6 Å². The second-order valence-corrected chi connectivity index (χ2v) is 13.7. The van der Waals surface area contributed by atoms with Gasteiger partial charge in [0, 0.05) is 34.5 Å². The first-order valence-electron chi connectivity index (χ1n) is 16.3. The Bertz CT molecular complexity index is 1770. The lowest BCUT2D eigenvalue weighted by molar-refractivity contribution is -0.168. The van der Waals surface area contributed by atoms with Crippen LogP contribution in [0.4, 0.5) is 0 Å². The molecular weight excluding hydrogens is 666 g/mol. The number of carbonyl (C=O) groups is 5. The van der Waals surface area contributed by atoms with Crippen molar-refractivity contribution >= 4 is 29.2 Å². The number of ether oxygens (including phenoxy) is 1. The summed E-state index contributed by atoms with van der Waals surface area (Å²) in [5.41, 5.74) is -5.67. The van der Waals surface area contributed by atoms with Crippen LogP contribution < -0.4 is 5.32 Å². The number of amides is 1. The second kappa shape index (κ2) is 15.4. The Balaban J connectivity index is 2.32. The van der Waals surface area contributed by atoms with Crippen molar-refractivity contribution in [3.05, 3.63) is 69.0 Å². The van der Waals surface area contributed by atoms with Gasteiger partial charge in [-0.1, -0.05) is 39.0 Å². The summed E-state index contributed by atoms with van der Waals surface area (Å²) >= 11 is 0. The first-order valence-corrected chi connectivity index (χ1v) is 16.3. The number of hydrogen-bond donors (Lipinski definition) is 8. The van der Waals surface area contributed by atoms with Crippen LogP contribution in [0.2, 0.25) is 0 Å². The lowest BCUT2D eigenvalue weighted by Crippen LogP contribution is -2.53. The number of methoxy groups -OCH3 is 1. The Hall–Kier alpha value is -4.47. The van der Waals surface area contributed by atoms with Crippen LogP contribution in [0.25, 0.3) is 0 Å². The van der Waals surface area contributed by atoms with Crippen molar-refractivity contribution in [2.24, 2.45) is 23.7 Å². The Kier molecular flexibility index (Phi) is 12.4. The fourth-order valence-electron chi connectivity index (χ4n) is 6.50. The molecule has 0 unspecified atom stereocenters. The Labute approximate surface area is 295 Å². The highest BCUT2D eigenvalue weighted by molar-refractivity contribution is 6.32. The Morgan fingerprint density at radius 2 is 1.31 bits per heavy atom. The van der Waals surface area contributed by atoms with E-state index in [1.807, 2.05) is 0 Å². The van der Waals surface area contributed by atoms with Crippen molar-refractivity contribution in [2.75, 3.05) is 7.11 Å². The molecule has 9 atom stereocenters. The van der Waals surface area contributed by atoms with E-state index in [1.54, 1.807) is 6.92 Å². The van der Waals surface area contributed by atoms with E-state index in [-0.39, 0.29) is 22.3 Å². The number of aromatic hydroxyl groups is 2. The van der Waals surface area contributed by atoms with Gasteiger partial charge < -0.3 is 45.8 Å². The van der Waals surface area contributed by atoms with Crippen molar-refractivity contribution in [2.45, 2.75) is 85.4 Å². The van der Waals surface area contributed by atoms with Gasteiger partial charge in [-0.15, -0.1) is 0 Å². The summed E-state index contributed by atoms with van der Waals surface area (Å²) in [6.45, 7) is 10.4. The van der Waals surface area contributed by atoms with E-state index >= 15 is 0 Å². The maximum Gasteiger partial charge on any atom is 0.313 e. The number of hydrogen-bond acceptors (Lipinski definition) is 13. The van der Waals surface area contributed by atoms with E-state index < -0.39 is 117 Å². The zero-order chi connectivity index (χ0) is 39.0. The molecule has 4 bridgehead atoms. The van der Waals surface area contributed by atoms with Crippen LogP contribution in [0.3, 0.4) is 0 Å². The Morgan fingerprint density at radius 1 is 0.784 bits per heavy atom. The molecule has 0 saturated carbocycles. The van der Waals surface area contributed by atoms with E-state index in [9.17, 15) is 59.7 Å². The molecule has 1 aromatic rings. The number of benzene rings is 1. The average Bonchev–Trinajstić information content (AvgIpc) is 3.08. The summed E-state index contributed by atoms with van der Waals surface area (Å²) in [7, 11) is 1.02. The van der Waals surface area contributed by atoms with Crippen LogP contribution >= 0.6 is 0 Å². The van der Waals surface area contributed by atoms with Crippen LogP contribution in [0.5, 0.6) is 11.5 Å². The quantitative estimate of drug-likeness (QED) is 0.193. The third kappa shape index (κ3) is 7.60. The van der Waals surface area contributed by atoms with Gasteiger partial charge in [0.05, 0.1) is 53.9 Å². The van der Waals surface area contributed by atoms with Gasteiger partial charge in [0.25, 0.3) is 5.91 Å². The zero-order valence-corrected chi connectivity index (χ0v) is 30.0. The smallest absolute Gasteiger partial charge is 0.313 e. The molecule has 51 heavy (non-hydrogen) atoms. The molecule has 2 heterocycles. The Morgan fingerprint density at radius 3 is 1.86 bits per heavy atom. The topological polar surface area (TPSA) is 248 Å². The minimum atomic E-state index is -2.34. The standard InChI is InChI=1S/C37H47NO13/c1-14-11-10-12-15(2)35(48)38-25-17(4)28(41)21-22(29(42)19(6)30(43)23(21)33(25)46)27(40)16(3)13-37(8,50)34(47)20(7)32(45)24(36(49)51-9)31(44)18(5)26(14)39/h10-14,18,20,24,26,31-32,34,39,42-45,47,50H,1-9H3,(H,38,48)/b11-10-,15-12+,16-13+/t14-,18-,20+,24-,26-,31-,32-,34-,37-/m1/s1. The SMILES string of the molecule is COC(=O)[C@@H]1[C@H](O)[C@H](C)[C@H](O)[C@H](C)/C=C\C=C(/C)C(=O)NC2=C(C)C(=O)c3c(c(O)c(C)c(O)c3C(=O)/C(C)=C/[C@@](C)(O)[C@H](O)[C@@H](C)[C@H]1O)C2=O. The third-order valence-corrected chi connectivity index (χ3v) is 9.99. The summed E-state index contributed by atoms with van der Waals surface area (Å²) < 4.78 is 4.83. The van der Waals surface area contributed by atoms with Gasteiger partial charge in [-0.25, -0.2) is 0 Å². The van der Waals surface area contributed by atoms with Crippen LogP contribution in [0.1, 0.15) is 85.1 Å². The summed E-state index contributed by atoms with van der Waals surface area (Å²) in [6.07, 6.45) is -1.63. The molecule has 4 rings (SSSR count). The van der Waals surface area contributed by atoms with Crippen molar-refractivity contribution in [3.63, 3.8) is 0 Å². The van der Waals surface area contributed by atoms with E-state index in [0.717, 1.165) is 20.1 Å². The number of ketones is 3. The molecule has 14 nitrogen and oxygen atoms in total. The number of carbonyl (C=O) groups excluding carboxylic acids is 5. The van der Waals surface area contributed by atoms with Gasteiger partial charge >= 0.3 is 5.97 Å². The van der Waals surface area contributed by atoms with Gasteiger partial charge in [-0.2, -0.15) is 0 Å². The number of nitrogens with one attached hydrogen (secondary N) is 1. The van der Waals surface area contributed by atoms with Crippen molar-refractivity contribution in [1.29, 1.82) is 0 Å². The molecule has 1 amide bonds. The molecule has 14 heteroatoms. The molecule has 3 aliphatic rings. The number of allylic oxidation sites excluding steroid dienone is 5. The average molecular weight is 714 g/mol. The number of esters is 1. The van der Waals surface area contributed by atoms with Crippen molar-refractivity contribution in [3.8, 4) is 11.5 Å². The highest BCUT2D eigenvalue weighted by Gasteiger charge is 2.47. The maximum atomic E-state index is 13.9. The summed E-state index contributed by atoms with van der Waals surface area (Å²) in [4.78, 5) is 67.6. The van der Waals surface area contributed by atoms with E-state index in [2.05, 4.69) is 5.32 Å². The normalized spacial score (nSPS) is 34.3. The molecule has 0 radical (unpaired) electrons. The zero-order valence-electron chi connectivity index (χ0n) is 30.0. The first kappa shape index (κ1) is 41.0. The van der Waals surface area contributed by atoms with Crippen molar-refractivity contribution in [1.82, 2.24) is 5.32 Å². The predicted molar refractivity (Wildman–Crippen MR) is 183 cm³/mol. The molecule has 2 aliphatic heterocycles. The number of aliphatic hydroxyl groups is 5. The fourth-order valence-corrected chi connectivity index (χ4v) is 6.50. The number of aliphatic hydroxyl groups excluding tert-OH is 4. The molecular formula is C37H47NO13. The van der Waals surface area contributed by atoms with E-state index in [1.165, 1.54) is 59.8 Å². The van der Waals surface area contributed by atoms with Crippen LogP contribution in [-0.4, -0.2) is 102 Å². The van der Waals surface area contributed by atoms with Gasteiger partial charge in [0.15, 0.2) is 11.6 Å². The van der Waals surface area contributed by atoms with Crippen LogP contribution in [0.15, 0.2) is 46.7 Å². The summed E-state index contributed by atoms with van der Waals surface area (Å²) in [5.74, 6) is -11.4. The number of phenolic OH excluding ortho intramolecular Hbond substituents is 2. The molecule has 0 fully saturated rings. The molecule has 1 aliphatic carbocycles. The number of phenols is 2. The monoisotopic (exact) mass is 713 g/mol. The fraction of sp³-hybridized carbons (Fsp3) is 0.486. The van der Waals surface area contributed by atoms with E-state index in [4.69, 9.17) is 4.74 Å². The lowest BCUT2D eigenvalue weighted by Gasteiger charge is -2.38. The number of fused-ring (bicyclic) bond motifs is 15. The van der Waals surface area contributed by atoms with E-state index in [0.29, 0.717) is 0 Å². The summed E-state index contributed by atoms with van der Waals surface area (Å²) in [6, 6.07) is 0. The van der Waals surface area contributed by atoms with Gasteiger partial charge in [-0.3, -0.25) is 24.0 Å². The maximum absolute atomic E-state index is 13.9. The second-order valence-electron chi connectivity index (χ2n) is 13.7. The third-order valence-electron chi connectivity index (χ3n) is 9.99. The van der Waals surface area contributed by atoms with Crippen LogP contribution in [-0.2, 0) is 14.3 Å².